The Hall–Kier alpha value is -2.87. The number of aromatic nitrogens is 4. The number of anilines is 2. The molecule has 1 amide bonds. The van der Waals surface area contributed by atoms with Crippen LogP contribution in [-0.4, -0.2) is 128 Å². The molecule has 224 valence electrons. The molecule has 0 aromatic carbocycles. The van der Waals surface area contributed by atoms with E-state index in [1.54, 1.807) is 17.3 Å². The van der Waals surface area contributed by atoms with Gasteiger partial charge in [0, 0.05) is 77.1 Å². The summed E-state index contributed by atoms with van der Waals surface area (Å²) >= 11 is 0. The summed E-state index contributed by atoms with van der Waals surface area (Å²) in [7, 11) is 0. The summed E-state index contributed by atoms with van der Waals surface area (Å²) in [4.78, 5) is 28.6. The van der Waals surface area contributed by atoms with Crippen LogP contribution in [0.1, 0.15) is 20.8 Å². The lowest BCUT2D eigenvalue weighted by Crippen LogP contribution is -2.41. The van der Waals surface area contributed by atoms with Gasteiger partial charge in [-0.1, -0.05) is 0 Å². The van der Waals surface area contributed by atoms with E-state index < -0.39 is 5.60 Å². The predicted molar refractivity (Wildman–Crippen MR) is 150 cm³/mol. The molecule has 0 saturated carbocycles. The number of amides is 1. The number of nitrogens with zero attached hydrogens (tertiary/aromatic N) is 7. The molecule has 0 spiro atoms. The van der Waals surface area contributed by atoms with Gasteiger partial charge in [-0.15, -0.1) is 0 Å². The highest BCUT2D eigenvalue weighted by Crippen LogP contribution is 2.16. The first-order valence-electron chi connectivity index (χ1n) is 14.2. The Morgan fingerprint density at radius 1 is 0.650 bits per heavy atom. The molecule has 13 nitrogen and oxygen atoms in total. The number of ether oxygens (including phenoxy) is 5. The van der Waals surface area contributed by atoms with Gasteiger partial charge in [-0.25, -0.2) is 14.8 Å². The second kappa shape index (κ2) is 15.2. The van der Waals surface area contributed by atoms with Crippen LogP contribution in [0.4, 0.5) is 16.7 Å². The molecule has 0 aliphatic carbocycles. The quantitative estimate of drug-likeness (QED) is 0.470. The van der Waals surface area contributed by atoms with Gasteiger partial charge in [-0.05, 0) is 20.8 Å². The summed E-state index contributed by atoms with van der Waals surface area (Å²) in [5.41, 5.74) is -0.595. The van der Waals surface area contributed by atoms with Gasteiger partial charge in [0.05, 0.1) is 52.9 Å². The standard InChI is InChI=1S/C27H45N7O6/c1-27(2,3)40-26(35)34-10-8-30-6-4-28-24(30)32-12-16-36-20-22-38-18-14-33(15-19-39-23-21-37-17-13-32)25-29-5-7-31(25)9-11-34/h4-7H,8-23H2,1-3H3. The molecule has 0 atom stereocenters. The van der Waals surface area contributed by atoms with Crippen LogP contribution < -0.4 is 9.80 Å². The van der Waals surface area contributed by atoms with Crippen molar-refractivity contribution in [1.29, 1.82) is 0 Å². The third kappa shape index (κ3) is 9.36. The zero-order valence-electron chi connectivity index (χ0n) is 24.2. The maximum Gasteiger partial charge on any atom is 0.410 e. The maximum atomic E-state index is 13.3. The number of hydrogen-bond acceptors (Lipinski definition) is 10. The lowest BCUT2D eigenvalue weighted by Gasteiger charge is -2.29. The normalized spacial score (nSPS) is 19.8. The first-order chi connectivity index (χ1) is 19.4. The smallest absolute Gasteiger partial charge is 0.410 e. The van der Waals surface area contributed by atoms with E-state index in [1.165, 1.54) is 0 Å². The molecular weight excluding hydrogens is 518 g/mol. The minimum Gasteiger partial charge on any atom is -0.444 e. The van der Waals surface area contributed by atoms with Gasteiger partial charge in [-0.2, -0.15) is 0 Å². The summed E-state index contributed by atoms with van der Waals surface area (Å²) in [6.45, 7) is 14.5. The lowest BCUT2D eigenvalue weighted by molar-refractivity contribution is 0.0237. The van der Waals surface area contributed by atoms with Crippen molar-refractivity contribution in [2.45, 2.75) is 39.5 Å². The SMILES string of the molecule is CC(C)(C)OC(=O)N1CCn2ccnc2N2CCOCCOCCN(CCOCCOCC2)c2nccn2CC1. The fourth-order valence-electron chi connectivity index (χ4n) is 4.56. The molecule has 2 aromatic rings. The van der Waals surface area contributed by atoms with Gasteiger partial charge in [0.2, 0.25) is 11.9 Å². The van der Waals surface area contributed by atoms with Crippen molar-refractivity contribution in [3.8, 4) is 0 Å². The number of carbonyl (C=O) groups is 1. The van der Waals surface area contributed by atoms with Gasteiger partial charge in [0.15, 0.2) is 0 Å². The van der Waals surface area contributed by atoms with Crippen LogP contribution in [0, 0.1) is 0 Å². The Morgan fingerprint density at radius 2 is 1.05 bits per heavy atom. The van der Waals surface area contributed by atoms with Crippen molar-refractivity contribution >= 4 is 18.0 Å². The van der Waals surface area contributed by atoms with Crippen molar-refractivity contribution in [3.63, 3.8) is 0 Å². The topological polar surface area (TPSA) is 109 Å². The maximum absolute atomic E-state index is 13.3. The van der Waals surface area contributed by atoms with E-state index in [9.17, 15) is 4.79 Å². The van der Waals surface area contributed by atoms with Crippen LogP contribution >= 0.6 is 0 Å². The Balaban J connectivity index is 1.63. The van der Waals surface area contributed by atoms with E-state index >= 15 is 0 Å². The van der Waals surface area contributed by atoms with E-state index in [4.69, 9.17) is 23.7 Å². The molecule has 1 fully saturated rings. The minimum atomic E-state index is -0.595. The molecule has 0 unspecified atom stereocenters. The van der Waals surface area contributed by atoms with Gasteiger partial charge in [-0.3, -0.25) is 0 Å². The van der Waals surface area contributed by atoms with E-state index in [0.717, 1.165) is 11.9 Å². The summed E-state index contributed by atoms with van der Waals surface area (Å²) in [6, 6.07) is 0. The monoisotopic (exact) mass is 563 g/mol. The molecule has 3 aliphatic heterocycles. The van der Waals surface area contributed by atoms with E-state index in [1.807, 2.05) is 33.2 Å². The highest BCUT2D eigenvalue weighted by molar-refractivity contribution is 5.68. The molecule has 0 radical (unpaired) electrons. The van der Waals surface area contributed by atoms with Crippen LogP contribution in [0.3, 0.4) is 0 Å². The van der Waals surface area contributed by atoms with Crippen LogP contribution in [0.2, 0.25) is 0 Å². The Labute approximate surface area is 236 Å². The second-order valence-electron chi connectivity index (χ2n) is 10.7. The molecule has 2 bridgehead atoms. The minimum absolute atomic E-state index is 0.343. The van der Waals surface area contributed by atoms with Gasteiger partial charge < -0.3 is 47.5 Å². The molecule has 40 heavy (non-hydrogen) atoms. The number of carbonyl (C=O) groups excluding carboxylic acids is 1. The molecule has 1 saturated heterocycles. The molecule has 5 rings (SSSR count). The molecule has 2 aromatic heterocycles. The Morgan fingerprint density at radius 3 is 1.43 bits per heavy atom. The zero-order chi connectivity index (χ0) is 28.2. The fraction of sp³-hybridized carbons (Fsp3) is 0.741. The zero-order valence-corrected chi connectivity index (χ0v) is 24.2. The molecule has 5 heterocycles. The van der Waals surface area contributed by atoms with E-state index in [2.05, 4.69) is 28.9 Å². The first-order valence-corrected chi connectivity index (χ1v) is 14.2. The number of imidazole rings is 2. The van der Waals surface area contributed by atoms with Crippen LogP contribution in [-0.2, 0) is 36.8 Å². The van der Waals surface area contributed by atoms with E-state index in [0.29, 0.717) is 105 Å². The average Bonchev–Trinajstić information content (AvgIpc) is 3.57. The number of hydrogen-bond donors (Lipinski definition) is 0. The highest BCUT2D eigenvalue weighted by atomic mass is 16.6. The third-order valence-electron chi connectivity index (χ3n) is 6.59. The molecular formula is C27H45N7O6. The van der Waals surface area contributed by atoms with Crippen molar-refractivity contribution in [3.05, 3.63) is 24.8 Å². The van der Waals surface area contributed by atoms with Crippen LogP contribution in [0.25, 0.3) is 0 Å². The van der Waals surface area contributed by atoms with Crippen molar-refractivity contribution < 1.29 is 28.5 Å². The third-order valence-corrected chi connectivity index (χ3v) is 6.59. The Bertz CT molecular complexity index is 937. The summed E-state index contributed by atoms with van der Waals surface area (Å²) < 4.78 is 33.5. The predicted octanol–water partition coefficient (Wildman–Crippen LogP) is 1.72. The molecule has 0 N–H and O–H groups in total. The Kier molecular flexibility index (Phi) is 11.5. The first kappa shape index (κ1) is 30.1. The van der Waals surface area contributed by atoms with Crippen LogP contribution in [0.5, 0.6) is 0 Å². The van der Waals surface area contributed by atoms with Crippen molar-refractivity contribution in [1.82, 2.24) is 24.0 Å². The number of fused-ring (bicyclic) bond motifs is 18. The lowest BCUT2D eigenvalue weighted by atomic mass is 10.2. The second-order valence-corrected chi connectivity index (χ2v) is 10.7. The van der Waals surface area contributed by atoms with Crippen molar-refractivity contribution in [2.75, 3.05) is 102 Å². The summed E-state index contributed by atoms with van der Waals surface area (Å²) in [5, 5.41) is 0. The average molecular weight is 564 g/mol. The van der Waals surface area contributed by atoms with Crippen LogP contribution in [0.15, 0.2) is 24.8 Å². The van der Waals surface area contributed by atoms with Gasteiger partial charge >= 0.3 is 6.09 Å². The van der Waals surface area contributed by atoms with Gasteiger partial charge in [0.1, 0.15) is 5.60 Å². The number of rotatable bonds is 0. The molecule has 13 heteroatoms. The summed E-state index contributed by atoms with van der Waals surface area (Å²) in [6.07, 6.45) is 7.11. The summed E-state index contributed by atoms with van der Waals surface area (Å²) in [5.74, 6) is 1.62. The van der Waals surface area contributed by atoms with Gasteiger partial charge in [0.25, 0.3) is 0 Å². The molecule has 3 aliphatic rings. The van der Waals surface area contributed by atoms with E-state index in [-0.39, 0.29) is 6.09 Å². The fourth-order valence-corrected chi connectivity index (χ4v) is 4.56. The van der Waals surface area contributed by atoms with Crippen molar-refractivity contribution in [2.24, 2.45) is 0 Å². The highest BCUT2D eigenvalue weighted by Gasteiger charge is 2.24. The largest absolute Gasteiger partial charge is 0.444 e.